The van der Waals surface area contributed by atoms with Crippen molar-refractivity contribution in [1.82, 2.24) is 14.4 Å². The molecule has 0 aliphatic heterocycles. The number of benzene rings is 1. The molecule has 3 aromatic rings. The van der Waals surface area contributed by atoms with Crippen molar-refractivity contribution in [2.24, 2.45) is 0 Å². The third-order valence-corrected chi connectivity index (χ3v) is 3.61. The first-order valence-electron chi connectivity index (χ1n) is 7.39. The lowest BCUT2D eigenvalue weighted by Gasteiger charge is -2.09. The summed E-state index contributed by atoms with van der Waals surface area (Å²) in [5, 5.41) is 3.42. The third-order valence-electron chi connectivity index (χ3n) is 3.61. The molecule has 0 unspecified atom stereocenters. The van der Waals surface area contributed by atoms with Gasteiger partial charge in [-0.25, -0.2) is 9.97 Å². The third kappa shape index (κ3) is 2.39. The first-order valence-corrected chi connectivity index (χ1v) is 7.39. The van der Waals surface area contributed by atoms with Gasteiger partial charge in [-0.3, -0.25) is 4.40 Å². The first kappa shape index (κ1) is 14.4. The molecule has 3 rings (SSSR count). The highest BCUT2D eigenvalue weighted by atomic mass is 16.5. The molecular formula is C17H20N4O. The Morgan fingerprint density at radius 2 is 1.86 bits per heavy atom. The van der Waals surface area contributed by atoms with Crippen LogP contribution in [0.15, 0.2) is 30.3 Å². The fourth-order valence-corrected chi connectivity index (χ4v) is 2.67. The number of anilines is 1. The highest BCUT2D eigenvalue weighted by Crippen LogP contribution is 2.30. The number of aryl methyl sites for hydroxylation is 2. The molecule has 0 spiro atoms. The Morgan fingerprint density at radius 1 is 1.14 bits per heavy atom. The van der Waals surface area contributed by atoms with E-state index < -0.39 is 0 Å². The number of imidazole rings is 1. The Morgan fingerprint density at radius 3 is 2.50 bits per heavy atom. The summed E-state index contributed by atoms with van der Waals surface area (Å²) in [5.41, 5.74) is 3.86. The van der Waals surface area contributed by atoms with Crippen LogP contribution >= 0.6 is 0 Å². The topological polar surface area (TPSA) is 51.5 Å². The number of rotatable bonds is 4. The fourth-order valence-electron chi connectivity index (χ4n) is 2.67. The van der Waals surface area contributed by atoms with Crippen LogP contribution in [0.25, 0.3) is 16.9 Å². The molecule has 0 bridgehead atoms. The SMILES string of the molecule is CCNc1c(-c2ccc(OC)cc2)nc2cc(C)nc(C)n12. The maximum atomic E-state index is 5.23. The number of fused-ring (bicyclic) bond motifs is 1. The lowest BCUT2D eigenvalue weighted by atomic mass is 10.1. The summed E-state index contributed by atoms with van der Waals surface area (Å²) in [5.74, 6) is 2.75. The standard InChI is InChI=1S/C17H20N4O/c1-5-18-17-16(13-6-8-14(22-4)9-7-13)20-15-10-11(2)19-12(3)21(15)17/h6-10,18H,5H2,1-4H3. The van der Waals surface area contributed by atoms with Gasteiger partial charge >= 0.3 is 0 Å². The van der Waals surface area contributed by atoms with Crippen molar-refractivity contribution in [2.45, 2.75) is 20.8 Å². The molecule has 5 nitrogen and oxygen atoms in total. The van der Waals surface area contributed by atoms with Gasteiger partial charge in [0.15, 0.2) is 0 Å². The molecular weight excluding hydrogens is 276 g/mol. The summed E-state index contributed by atoms with van der Waals surface area (Å²) in [6.45, 7) is 6.89. The number of nitrogens with zero attached hydrogens (tertiary/aromatic N) is 3. The van der Waals surface area contributed by atoms with Crippen molar-refractivity contribution in [2.75, 3.05) is 19.0 Å². The molecule has 5 heteroatoms. The van der Waals surface area contributed by atoms with Crippen molar-refractivity contribution >= 4 is 11.5 Å². The van der Waals surface area contributed by atoms with Gasteiger partial charge in [-0.1, -0.05) is 0 Å². The smallest absolute Gasteiger partial charge is 0.142 e. The number of hydrogen-bond donors (Lipinski definition) is 1. The maximum absolute atomic E-state index is 5.23. The van der Waals surface area contributed by atoms with Gasteiger partial charge in [0.05, 0.1) is 7.11 Å². The number of aromatic nitrogens is 3. The van der Waals surface area contributed by atoms with Crippen LogP contribution in [0.5, 0.6) is 5.75 Å². The van der Waals surface area contributed by atoms with Gasteiger partial charge in [-0.2, -0.15) is 0 Å². The van der Waals surface area contributed by atoms with E-state index in [1.54, 1.807) is 7.11 Å². The van der Waals surface area contributed by atoms with Crippen LogP contribution in [0.4, 0.5) is 5.82 Å². The normalized spacial score (nSPS) is 10.9. The van der Waals surface area contributed by atoms with Crippen LogP contribution in [0.1, 0.15) is 18.4 Å². The zero-order chi connectivity index (χ0) is 15.7. The molecule has 0 radical (unpaired) electrons. The Labute approximate surface area is 130 Å². The summed E-state index contributed by atoms with van der Waals surface area (Å²) in [6.07, 6.45) is 0. The van der Waals surface area contributed by atoms with E-state index in [1.165, 1.54) is 0 Å². The van der Waals surface area contributed by atoms with Crippen LogP contribution < -0.4 is 10.1 Å². The quantitative estimate of drug-likeness (QED) is 0.801. The molecule has 22 heavy (non-hydrogen) atoms. The summed E-state index contributed by atoms with van der Waals surface area (Å²) in [4.78, 5) is 9.34. The second kappa shape index (κ2) is 5.67. The van der Waals surface area contributed by atoms with Gasteiger partial charge < -0.3 is 10.1 Å². The molecule has 0 saturated heterocycles. The lowest BCUT2D eigenvalue weighted by Crippen LogP contribution is -2.05. The van der Waals surface area contributed by atoms with Crippen molar-refractivity contribution in [1.29, 1.82) is 0 Å². The predicted octanol–water partition coefficient (Wildman–Crippen LogP) is 3.45. The lowest BCUT2D eigenvalue weighted by molar-refractivity contribution is 0.415. The van der Waals surface area contributed by atoms with Crippen LogP contribution in [-0.4, -0.2) is 28.0 Å². The second-order valence-corrected chi connectivity index (χ2v) is 5.21. The molecule has 0 amide bonds. The van der Waals surface area contributed by atoms with Gasteiger partial charge in [-0.15, -0.1) is 0 Å². The number of hydrogen-bond acceptors (Lipinski definition) is 4. The molecule has 0 saturated carbocycles. The molecule has 2 heterocycles. The van der Waals surface area contributed by atoms with Gasteiger partial charge in [0.2, 0.25) is 0 Å². The predicted molar refractivity (Wildman–Crippen MR) is 88.6 cm³/mol. The monoisotopic (exact) mass is 296 g/mol. The minimum absolute atomic E-state index is 0.824. The fraction of sp³-hybridized carbons (Fsp3) is 0.294. The van der Waals surface area contributed by atoms with E-state index in [0.717, 1.165) is 46.5 Å². The minimum Gasteiger partial charge on any atom is -0.497 e. The Hall–Kier alpha value is -2.56. The molecule has 1 N–H and O–H groups in total. The average molecular weight is 296 g/mol. The molecule has 0 aliphatic carbocycles. The van der Waals surface area contributed by atoms with E-state index in [-0.39, 0.29) is 0 Å². The van der Waals surface area contributed by atoms with Crippen LogP contribution in [0, 0.1) is 13.8 Å². The van der Waals surface area contributed by atoms with Gasteiger partial charge in [0.1, 0.15) is 28.7 Å². The van der Waals surface area contributed by atoms with E-state index >= 15 is 0 Å². The second-order valence-electron chi connectivity index (χ2n) is 5.21. The number of nitrogens with one attached hydrogen (secondary N) is 1. The maximum Gasteiger partial charge on any atom is 0.142 e. The van der Waals surface area contributed by atoms with Crippen molar-refractivity contribution in [3.8, 4) is 17.0 Å². The van der Waals surface area contributed by atoms with E-state index in [9.17, 15) is 0 Å². The highest BCUT2D eigenvalue weighted by molar-refractivity contribution is 5.77. The molecule has 1 aromatic carbocycles. The van der Waals surface area contributed by atoms with Gasteiger partial charge in [-0.05, 0) is 45.0 Å². The Bertz CT molecular complexity index is 806. The Balaban J connectivity index is 2.23. The Kier molecular flexibility index (Phi) is 3.71. The molecule has 0 aliphatic rings. The van der Waals surface area contributed by atoms with Gasteiger partial charge in [0.25, 0.3) is 0 Å². The summed E-state index contributed by atoms with van der Waals surface area (Å²) in [7, 11) is 1.67. The number of ether oxygens (including phenoxy) is 1. The largest absolute Gasteiger partial charge is 0.497 e. The average Bonchev–Trinajstić information content (AvgIpc) is 2.86. The first-order chi connectivity index (χ1) is 10.6. The van der Waals surface area contributed by atoms with E-state index in [0.29, 0.717) is 0 Å². The van der Waals surface area contributed by atoms with Crippen molar-refractivity contribution in [3.63, 3.8) is 0 Å². The van der Waals surface area contributed by atoms with E-state index in [1.807, 2.05) is 44.2 Å². The zero-order valence-electron chi connectivity index (χ0n) is 13.3. The van der Waals surface area contributed by atoms with Crippen molar-refractivity contribution < 1.29 is 4.74 Å². The minimum atomic E-state index is 0.824. The zero-order valence-corrected chi connectivity index (χ0v) is 13.3. The van der Waals surface area contributed by atoms with Crippen molar-refractivity contribution in [3.05, 3.63) is 41.9 Å². The summed E-state index contributed by atoms with van der Waals surface area (Å²) in [6, 6.07) is 9.95. The van der Waals surface area contributed by atoms with Crippen LogP contribution in [-0.2, 0) is 0 Å². The molecule has 0 fully saturated rings. The summed E-state index contributed by atoms with van der Waals surface area (Å²) >= 11 is 0. The van der Waals surface area contributed by atoms with Gasteiger partial charge in [0, 0.05) is 23.9 Å². The molecule has 0 atom stereocenters. The molecule has 114 valence electrons. The number of methoxy groups -OCH3 is 1. The van der Waals surface area contributed by atoms with Crippen LogP contribution in [0.3, 0.4) is 0 Å². The summed E-state index contributed by atoms with van der Waals surface area (Å²) < 4.78 is 7.29. The molecule has 2 aromatic heterocycles. The van der Waals surface area contributed by atoms with E-state index in [2.05, 4.69) is 21.6 Å². The highest BCUT2D eigenvalue weighted by Gasteiger charge is 2.16. The van der Waals surface area contributed by atoms with Crippen LogP contribution in [0.2, 0.25) is 0 Å². The van der Waals surface area contributed by atoms with E-state index in [4.69, 9.17) is 9.72 Å².